The van der Waals surface area contributed by atoms with E-state index in [1.165, 1.54) is 19.3 Å². The first kappa shape index (κ1) is 19.6. The van der Waals surface area contributed by atoms with E-state index in [1.54, 1.807) is 0 Å². The van der Waals surface area contributed by atoms with Gasteiger partial charge in [-0.1, -0.05) is 36.8 Å². The van der Waals surface area contributed by atoms with Crippen LogP contribution in [0.25, 0.3) is 0 Å². The van der Waals surface area contributed by atoms with Gasteiger partial charge in [0.2, 0.25) is 0 Å². The maximum atomic E-state index is 10.2. The van der Waals surface area contributed by atoms with Gasteiger partial charge in [0.05, 0.1) is 0 Å². The molecule has 1 aliphatic heterocycles. The van der Waals surface area contributed by atoms with Gasteiger partial charge in [-0.3, -0.25) is 0 Å². The summed E-state index contributed by atoms with van der Waals surface area (Å²) in [6.07, 6.45) is 3.25. The highest BCUT2D eigenvalue weighted by atomic mass is 35.5. The molecule has 2 aromatic rings. The van der Waals surface area contributed by atoms with Crippen molar-refractivity contribution in [2.75, 3.05) is 26.2 Å². The van der Waals surface area contributed by atoms with E-state index in [0.717, 1.165) is 18.8 Å². The Balaban J connectivity index is 0.00000225. The lowest BCUT2D eigenvalue weighted by molar-refractivity contribution is 0.0610. The van der Waals surface area contributed by atoms with Gasteiger partial charge in [0, 0.05) is 6.54 Å². The Kier molecular flexibility index (Phi) is 8.06. The maximum Gasteiger partial charge on any atom is 0.169 e. The maximum absolute atomic E-state index is 10.2. The number of ether oxygens (including phenoxy) is 2. The van der Waals surface area contributed by atoms with E-state index in [-0.39, 0.29) is 19.0 Å². The number of benzene rings is 2. The molecule has 136 valence electrons. The zero-order valence-corrected chi connectivity index (χ0v) is 15.2. The Morgan fingerprint density at radius 2 is 1.52 bits per heavy atom. The van der Waals surface area contributed by atoms with Crippen LogP contribution in [-0.4, -0.2) is 42.4 Å². The first-order chi connectivity index (χ1) is 11.8. The second kappa shape index (κ2) is 10.3. The molecule has 0 aliphatic carbocycles. The van der Waals surface area contributed by atoms with E-state index in [9.17, 15) is 5.11 Å². The SMILES string of the molecule is Cl.OC(COc1ccccc1Oc1ccccc1)CN1CCCCC1. The van der Waals surface area contributed by atoms with Crippen molar-refractivity contribution in [2.45, 2.75) is 25.4 Å². The van der Waals surface area contributed by atoms with Crippen LogP contribution in [0.1, 0.15) is 19.3 Å². The fourth-order valence-electron chi connectivity index (χ4n) is 2.95. The van der Waals surface area contributed by atoms with E-state index in [0.29, 0.717) is 18.0 Å². The zero-order valence-electron chi connectivity index (χ0n) is 14.3. The fraction of sp³-hybridized carbons (Fsp3) is 0.400. The van der Waals surface area contributed by atoms with Crippen molar-refractivity contribution in [3.63, 3.8) is 0 Å². The molecule has 1 fully saturated rings. The third-order valence-electron chi connectivity index (χ3n) is 4.17. The standard InChI is InChI=1S/C20H25NO3.ClH/c22-17(15-21-13-7-2-8-14-21)16-23-19-11-5-6-12-20(19)24-18-9-3-1-4-10-18;/h1,3-6,9-12,17,22H,2,7-8,13-16H2;1H. The summed E-state index contributed by atoms with van der Waals surface area (Å²) in [4.78, 5) is 2.31. The Morgan fingerprint density at radius 3 is 2.24 bits per heavy atom. The predicted octanol–water partition coefficient (Wildman–Crippen LogP) is 4.13. The van der Waals surface area contributed by atoms with Crippen molar-refractivity contribution in [1.29, 1.82) is 0 Å². The first-order valence-corrected chi connectivity index (χ1v) is 8.66. The van der Waals surface area contributed by atoms with E-state index >= 15 is 0 Å². The number of rotatable bonds is 7. The molecule has 0 spiro atoms. The van der Waals surface area contributed by atoms with Gasteiger partial charge in [-0.15, -0.1) is 12.4 Å². The van der Waals surface area contributed by atoms with Crippen molar-refractivity contribution < 1.29 is 14.6 Å². The van der Waals surface area contributed by atoms with Crippen LogP contribution in [0.5, 0.6) is 17.2 Å². The summed E-state index contributed by atoms with van der Waals surface area (Å²) in [5.41, 5.74) is 0. The molecular formula is C20H26ClNO3. The van der Waals surface area contributed by atoms with Gasteiger partial charge >= 0.3 is 0 Å². The number of piperidine rings is 1. The van der Waals surface area contributed by atoms with Crippen molar-refractivity contribution in [2.24, 2.45) is 0 Å². The van der Waals surface area contributed by atoms with Gasteiger partial charge < -0.3 is 19.5 Å². The van der Waals surface area contributed by atoms with Crippen LogP contribution in [0.15, 0.2) is 54.6 Å². The van der Waals surface area contributed by atoms with Crippen LogP contribution < -0.4 is 9.47 Å². The molecule has 0 amide bonds. The number of hydrogen-bond donors (Lipinski definition) is 1. The van der Waals surface area contributed by atoms with Crippen molar-refractivity contribution in [1.82, 2.24) is 4.90 Å². The highest BCUT2D eigenvalue weighted by Gasteiger charge is 2.16. The van der Waals surface area contributed by atoms with Crippen LogP contribution in [0.3, 0.4) is 0 Å². The number of aliphatic hydroxyl groups is 1. The average Bonchev–Trinajstić information content (AvgIpc) is 2.63. The van der Waals surface area contributed by atoms with Crippen LogP contribution in [0, 0.1) is 0 Å². The predicted molar refractivity (Wildman–Crippen MR) is 102 cm³/mol. The molecule has 1 N–H and O–H groups in total. The minimum absolute atomic E-state index is 0. The van der Waals surface area contributed by atoms with Crippen molar-refractivity contribution in [3.8, 4) is 17.2 Å². The topological polar surface area (TPSA) is 41.9 Å². The summed E-state index contributed by atoms with van der Waals surface area (Å²) >= 11 is 0. The lowest BCUT2D eigenvalue weighted by Gasteiger charge is -2.28. The highest BCUT2D eigenvalue weighted by molar-refractivity contribution is 5.85. The molecule has 1 atom stereocenters. The second-order valence-electron chi connectivity index (χ2n) is 6.19. The van der Waals surface area contributed by atoms with Gasteiger partial charge in [-0.25, -0.2) is 0 Å². The second-order valence-corrected chi connectivity index (χ2v) is 6.19. The quantitative estimate of drug-likeness (QED) is 0.803. The van der Waals surface area contributed by atoms with Gasteiger partial charge in [0.25, 0.3) is 0 Å². The summed E-state index contributed by atoms with van der Waals surface area (Å²) in [7, 11) is 0. The number of hydrogen-bond acceptors (Lipinski definition) is 4. The Labute approximate surface area is 155 Å². The smallest absolute Gasteiger partial charge is 0.169 e. The highest BCUT2D eigenvalue weighted by Crippen LogP contribution is 2.31. The van der Waals surface area contributed by atoms with Crippen LogP contribution >= 0.6 is 12.4 Å². The first-order valence-electron chi connectivity index (χ1n) is 8.66. The minimum Gasteiger partial charge on any atom is -0.487 e. The van der Waals surface area contributed by atoms with Crippen molar-refractivity contribution in [3.05, 3.63) is 54.6 Å². The molecular weight excluding hydrogens is 338 g/mol. The lowest BCUT2D eigenvalue weighted by Crippen LogP contribution is -2.38. The monoisotopic (exact) mass is 363 g/mol. The van der Waals surface area contributed by atoms with E-state index in [1.807, 2.05) is 54.6 Å². The molecule has 2 aromatic carbocycles. The largest absolute Gasteiger partial charge is 0.487 e. The lowest BCUT2D eigenvalue weighted by atomic mass is 10.1. The van der Waals surface area contributed by atoms with Crippen LogP contribution in [-0.2, 0) is 0 Å². The van der Waals surface area contributed by atoms with Crippen LogP contribution in [0.2, 0.25) is 0 Å². The van der Waals surface area contributed by atoms with E-state index < -0.39 is 6.10 Å². The molecule has 4 nitrogen and oxygen atoms in total. The molecule has 0 saturated carbocycles. The summed E-state index contributed by atoms with van der Waals surface area (Å²) in [5, 5.41) is 10.2. The molecule has 1 heterocycles. The minimum atomic E-state index is -0.493. The fourth-order valence-corrected chi connectivity index (χ4v) is 2.95. The summed E-state index contributed by atoms with van der Waals surface area (Å²) < 4.78 is 11.7. The molecule has 1 aliphatic rings. The van der Waals surface area contributed by atoms with Gasteiger partial charge in [-0.2, -0.15) is 0 Å². The number of likely N-dealkylation sites (tertiary alicyclic amines) is 1. The molecule has 5 heteroatoms. The number of aliphatic hydroxyl groups excluding tert-OH is 1. The van der Waals surface area contributed by atoms with Gasteiger partial charge in [0.15, 0.2) is 11.5 Å². The number of β-amino-alcohol motifs (C(OH)–C–C–N with tert-alkyl or cyclic N) is 1. The van der Waals surface area contributed by atoms with Crippen molar-refractivity contribution >= 4 is 12.4 Å². The number of nitrogens with zero attached hydrogens (tertiary/aromatic N) is 1. The third kappa shape index (κ3) is 6.24. The zero-order chi connectivity index (χ0) is 16.6. The number of halogens is 1. The molecule has 0 bridgehead atoms. The Hall–Kier alpha value is -1.75. The summed E-state index contributed by atoms with van der Waals surface area (Å²) in [6.45, 7) is 3.09. The van der Waals surface area contributed by atoms with E-state index in [2.05, 4.69) is 4.90 Å². The summed E-state index contributed by atoms with van der Waals surface area (Å²) in [5.74, 6) is 2.08. The number of para-hydroxylation sites is 3. The third-order valence-corrected chi connectivity index (χ3v) is 4.17. The Bertz CT molecular complexity index is 617. The molecule has 1 saturated heterocycles. The molecule has 25 heavy (non-hydrogen) atoms. The molecule has 3 rings (SSSR count). The van der Waals surface area contributed by atoms with Gasteiger partial charge in [-0.05, 0) is 50.2 Å². The summed E-state index contributed by atoms with van der Waals surface area (Å²) in [6, 6.07) is 17.2. The average molecular weight is 364 g/mol. The van der Waals surface area contributed by atoms with E-state index in [4.69, 9.17) is 9.47 Å². The molecule has 0 aromatic heterocycles. The van der Waals surface area contributed by atoms with Gasteiger partial charge in [0.1, 0.15) is 18.5 Å². The molecule has 1 unspecified atom stereocenters. The normalized spacial score (nSPS) is 15.9. The Morgan fingerprint density at radius 1 is 0.880 bits per heavy atom. The molecule has 0 radical (unpaired) electrons. The van der Waals surface area contributed by atoms with Crippen LogP contribution in [0.4, 0.5) is 0 Å².